The maximum Gasteiger partial charge on any atom is 0.236 e. The molecule has 0 N–H and O–H groups in total. The van der Waals surface area contributed by atoms with Crippen molar-refractivity contribution < 1.29 is 4.79 Å². The van der Waals surface area contributed by atoms with Gasteiger partial charge < -0.3 is 0 Å². The lowest BCUT2D eigenvalue weighted by Gasteiger charge is -2.21. The van der Waals surface area contributed by atoms with Gasteiger partial charge in [0, 0.05) is 5.56 Å². The van der Waals surface area contributed by atoms with E-state index in [2.05, 4.69) is 48.5 Å². The summed E-state index contributed by atoms with van der Waals surface area (Å²) in [6, 6.07) is 31.0. The van der Waals surface area contributed by atoms with E-state index < -0.39 is 0 Å². The highest BCUT2D eigenvalue weighted by Crippen LogP contribution is 2.40. The number of benzene rings is 4. The van der Waals surface area contributed by atoms with Crippen LogP contribution in [0, 0.1) is 0 Å². The van der Waals surface area contributed by atoms with Crippen LogP contribution >= 0.6 is 0 Å². The zero-order valence-electron chi connectivity index (χ0n) is 14.2. The average Bonchev–Trinajstić information content (AvgIpc) is 3.03. The third kappa shape index (κ3) is 2.31. The van der Waals surface area contributed by atoms with Crippen LogP contribution in [0.1, 0.15) is 5.56 Å². The van der Waals surface area contributed by atoms with Crippen LogP contribution in [0.3, 0.4) is 0 Å². The Labute approximate surface area is 152 Å². The summed E-state index contributed by atoms with van der Waals surface area (Å²) in [5.41, 5.74) is 5.22. The number of para-hydroxylation sites is 2. The second-order valence-corrected chi connectivity index (χ2v) is 6.61. The molecule has 26 heavy (non-hydrogen) atoms. The molecule has 0 radical (unpaired) electrons. The number of anilines is 2. The topological polar surface area (TPSA) is 20.3 Å². The van der Waals surface area contributed by atoms with Crippen molar-refractivity contribution >= 4 is 28.1 Å². The Morgan fingerprint density at radius 1 is 0.654 bits per heavy atom. The average molecular weight is 335 g/mol. The molecule has 5 rings (SSSR count). The van der Waals surface area contributed by atoms with Gasteiger partial charge in [-0.15, -0.1) is 0 Å². The summed E-state index contributed by atoms with van der Waals surface area (Å²) in [5, 5.41) is 2.42. The van der Waals surface area contributed by atoms with Gasteiger partial charge in [0.15, 0.2) is 0 Å². The molecule has 0 spiro atoms. The van der Waals surface area contributed by atoms with Crippen molar-refractivity contribution in [2.24, 2.45) is 0 Å². The maximum atomic E-state index is 12.8. The highest BCUT2D eigenvalue weighted by atomic mass is 16.2. The molecule has 0 saturated heterocycles. The van der Waals surface area contributed by atoms with Gasteiger partial charge in [-0.05, 0) is 40.1 Å². The van der Waals surface area contributed by atoms with E-state index in [9.17, 15) is 4.79 Å². The van der Waals surface area contributed by atoms with Crippen molar-refractivity contribution in [1.29, 1.82) is 0 Å². The number of hydrogen-bond acceptors (Lipinski definition) is 1. The van der Waals surface area contributed by atoms with Crippen LogP contribution in [0.2, 0.25) is 0 Å². The lowest BCUT2D eigenvalue weighted by atomic mass is 9.99. The van der Waals surface area contributed by atoms with Crippen molar-refractivity contribution in [3.8, 4) is 11.1 Å². The van der Waals surface area contributed by atoms with Crippen molar-refractivity contribution in [3.05, 3.63) is 96.6 Å². The predicted octanol–water partition coefficient (Wildman–Crippen LogP) is 5.73. The number of fused-ring (bicyclic) bond motifs is 2. The summed E-state index contributed by atoms with van der Waals surface area (Å²) >= 11 is 0. The first-order valence-corrected chi connectivity index (χ1v) is 8.80. The van der Waals surface area contributed by atoms with Crippen LogP contribution in [-0.2, 0) is 11.2 Å². The Morgan fingerprint density at radius 3 is 2.23 bits per heavy atom. The number of nitrogens with zero attached hydrogens (tertiary/aromatic N) is 1. The van der Waals surface area contributed by atoms with E-state index in [-0.39, 0.29) is 5.91 Å². The normalized spacial score (nSPS) is 13.2. The maximum absolute atomic E-state index is 12.8. The molecule has 1 amide bonds. The molecule has 0 aliphatic carbocycles. The molecule has 2 heteroatoms. The Bertz CT molecular complexity index is 1150. The Balaban J connectivity index is 1.69. The largest absolute Gasteiger partial charge is 0.280 e. The molecular weight excluding hydrogens is 318 g/mol. The fourth-order valence-electron chi connectivity index (χ4n) is 3.79. The number of carbonyl (C=O) groups excluding carboxylic acids is 1. The van der Waals surface area contributed by atoms with E-state index in [4.69, 9.17) is 0 Å². The highest BCUT2D eigenvalue weighted by Gasteiger charge is 2.29. The smallest absolute Gasteiger partial charge is 0.236 e. The van der Waals surface area contributed by atoms with Crippen molar-refractivity contribution in [2.45, 2.75) is 6.42 Å². The molecule has 1 heterocycles. The van der Waals surface area contributed by atoms with E-state index in [0.29, 0.717) is 6.42 Å². The number of amides is 1. The van der Waals surface area contributed by atoms with Crippen LogP contribution in [0.15, 0.2) is 91.0 Å². The number of carbonyl (C=O) groups is 1. The molecule has 0 aromatic heterocycles. The van der Waals surface area contributed by atoms with Gasteiger partial charge in [0.1, 0.15) is 0 Å². The zero-order valence-corrected chi connectivity index (χ0v) is 14.2. The predicted molar refractivity (Wildman–Crippen MR) is 107 cm³/mol. The van der Waals surface area contributed by atoms with Gasteiger partial charge in [-0.1, -0.05) is 72.8 Å². The van der Waals surface area contributed by atoms with Crippen LogP contribution in [0.5, 0.6) is 0 Å². The lowest BCUT2D eigenvalue weighted by Crippen LogP contribution is -2.21. The minimum absolute atomic E-state index is 0.124. The summed E-state index contributed by atoms with van der Waals surface area (Å²) in [6.07, 6.45) is 0.461. The van der Waals surface area contributed by atoms with Gasteiger partial charge >= 0.3 is 0 Å². The van der Waals surface area contributed by atoms with Gasteiger partial charge in [-0.25, -0.2) is 0 Å². The highest BCUT2D eigenvalue weighted by molar-refractivity contribution is 6.10. The van der Waals surface area contributed by atoms with E-state index >= 15 is 0 Å². The molecule has 0 bridgehead atoms. The minimum atomic E-state index is 0.124. The molecule has 1 aliphatic heterocycles. The van der Waals surface area contributed by atoms with Crippen LogP contribution in [0.25, 0.3) is 21.9 Å². The van der Waals surface area contributed by atoms with Crippen molar-refractivity contribution in [1.82, 2.24) is 0 Å². The SMILES string of the molecule is O=C1Cc2ccccc2N1c1ccccc1-c1ccc2ccccc2c1. The summed E-state index contributed by atoms with van der Waals surface area (Å²) < 4.78 is 0. The first kappa shape index (κ1) is 14.9. The summed E-state index contributed by atoms with van der Waals surface area (Å²) in [7, 11) is 0. The van der Waals surface area contributed by atoms with Gasteiger partial charge in [-0.2, -0.15) is 0 Å². The van der Waals surface area contributed by atoms with Gasteiger partial charge in [0.2, 0.25) is 5.91 Å². The monoisotopic (exact) mass is 335 g/mol. The van der Waals surface area contributed by atoms with Crippen molar-refractivity contribution in [2.75, 3.05) is 4.90 Å². The van der Waals surface area contributed by atoms with E-state index in [0.717, 1.165) is 28.1 Å². The molecule has 1 aliphatic rings. The molecule has 124 valence electrons. The molecule has 0 unspecified atom stereocenters. The first-order valence-electron chi connectivity index (χ1n) is 8.80. The lowest BCUT2D eigenvalue weighted by molar-refractivity contribution is -0.116. The van der Waals surface area contributed by atoms with Crippen LogP contribution in [0.4, 0.5) is 11.4 Å². The second-order valence-electron chi connectivity index (χ2n) is 6.61. The molecule has 0 atom stereocenters. The first-order chi connectivity index (χ1) is 12.8. The fourth-order valence-corrected chi connectivity index (χ4v) is 3.79. The summed E-state index contributed by atoms with van der Waals surface area (Å²) in [5.74, 6) is 0.124. The Hall–Kier alpha value is -3.39. The Kier molecular flexibility index (Phi) is 3.36. The standard InChI is InChI=1S/C24H17NO/c26-24-16-20-9-3-5-11-22(20)25(24)23-12-6-4-10-21(23)19-14-13-17-7-1-2-8-18(17)15-19/h1-15H,16H2. The fraction of sp³-hybridized carbons (Fsp3) is 0.0417. The quantitative estimate of drug-likeness (QED) is 0.458. The van der Waals surface area contributed by atoms with Crippen molar-refractivity contribution in [3.63, 3.8) is 0 Å². The van der Waals surface area contributed by atoms with Gasteiger partial charge in [0.25, 0.3) is 0 Å². The van der Waals surface area contributed by atoms with E-state index in [1.807, 2.05) is 47.4 Å². The number of hydrogen-bond donors (Lipinski definition) is 0. The molecule has 4 aromatic rings. The molecule has 0 saturated carbocycles. The third-order valence-corrected chi connectivity index (χ3v) is 5.03. The van der Waals surface area contributed by atoms with E-state index in [1.54, 1.807) is 0 Å². The molecular formula is C24H17NO. The minimum Gasteiger partial charge on any atom is -0.280 e. The molecule has 0 fully saturated rings. The molecule has 2 nitrogen and oxygen atoms in total. The second kappa shape index (κ2) is 5.85. The van der Waals surface area contributed by atoms with Gasteiger partial charge in [-0.3, -0.25) is 9.69 Å². The zero-order chi connectivity index (χ0) is 17.5. The van der Waals surface area contributed by atoms with Crippen LogP contribution < -0.4 is 4.90 Å². The third-order valence-electron chi connectivity index (χ3n) is 5.03. The summed E-state index contributed by atoms with van der Waals surface area (Å²) in [4.78, 5) is 14.6. The Morgan fingerprint density at radius 2 is 1.35 bits per heavy atom. The van der Waals surface area contributed by atoms with E-state index in [1.165, 1.54) is 10.8 Å². The number of rotatable bonds is 2. The van der Waals surface area contributed by atoms with Gasteiger partial charge in [0.05, 0.1) is 17.8 Å². The molecule has 4 aromatic carbocycles. The summed E-state index contributed by atoms with van der Waals surface area (Å²) in [6.45, 7) is 0. The van der Waals surface area contributed by atoms with Crippen LogP contribution in [-0.4, -0.2) is 5.91 Å².